The van der Waals surface area contributed by atoms with Gasteiger partial charge in [-0.25, -0.2) is 4.21 Å². The molecule has 0 aliphatic carbocycles. The van der Waals surface area contributed by atoms with E-state index in [0.717, 1.165) is 15.5 Å². The molecule has 4 nitrogen and oxygen atoms in total. The molecule has 0 heterocycles. The molecule has 94 valence electrons. The van der Waals surface area contributed by atoms with Crippen LogP contribution in [-0.4, -0.2) is 8.76 Å². The Bertz CT molecular complexity index is 541. The van der Waals surface area contributed by atoms with Crippen LogP contribution < -0.4 is 10.5 Å². The highest BCUT2D eigenvalue weighted by molar-refractivity contribution is 7.99. The van der Waals surface area contributed by atoms with Crippen molar-refractivity contribution in [3.63, 3.8) is 0 Å². The first-order valence-corrected chi connectivity index (χ1v) is 7.07. The van der Waals surface area contributed by atoms with Crippen LogP contribution >= 0.6 is 11.8 Å². The first-order valence-electron chi connectivity index (χ1n) is 5.14. The first-order chi connectivity index (χ1) is 8.63. The van der Waals surface area contributed by atoms with Crippen molar-refractivity contribution in [3.8, 4) is 0 Å². The molecule has 0 saturated carbocycles. The summed E-state index contributed by atoms with van der Waals surface area (Å²) >= 11 is -0.432. The van der Waals surface area contributed by atoms with Crippen LogP contribution in [0.4, 0.5) is 11.4 Å². The highest BCUT2D eigenvalue weighted by atomic mass is 32.2. The normalized spacial score (nSPS) is 12.1. The second-order valence-corrected chi connectivity index (χ2v) is 5.40. The minimum Gasteiger partial charge on any atom is -0.399 e. The Morgan fingerprint density at radius 3 is 2.00 bits per heavy atom. The van der Waals surface area contributed by atoms with E-state index >= 15 is 0 Å². The maximum absolute atomic E-state index is 10.6. The molecule has 0 aliphatic rings. The van der Waals surface area contributed by atoms with Crippen LogP contribution in [0.25, 0.3) is 0 Å². The number of anilines is 2. The number of hydrogen-bond donors (Lipinski definition) is 3. The zero-order valence-corrected chi connectivity index (χ0v) is 11.0. The topological polar surface area (TPSA) is 75.3 Å². The number of nitrogens with two attached hydrogens (primary N) is 1. The maximum atomic E-state index is 10.6. The van der Waals surface area contributed by atoms with E-state index in [9.17, 15) is 4.21 Å². The predicted octanol–water partition coefficient (Wildman–Crippen LogP) is 2.97. The van der Waals surface area contributed by atoms with Crippen molar-refractivity contribution in [2.45, 2.75) is 9.79 Å². The largest absolute Gasteiger partial charge is 0.399 e. The molecule has 0 amide bonds. The molecule has 4 N–H and O–H groups in total. The molecule has 0 aliphatic heterocycles. The van der Waals surface area contributed by atoms with E-state index in [0.29, 0.717) is 5.69 Å². The van der Waals surface area contributed by atoms with Crippen molar-refractivity contribution in [1.29, 1.82) is 0 Å². The van der Waals surface area contributed by atoms with Crippen molar-refractivity contribution in [3.05, 3.63) is 48.5 Å². The summed E-state index contributed by atoms with van der Waals surface area (Å²) in [5.74, 6) is 0. The lowest BCUT2D eigenvalue weighted by Crippen LogP contribution is -2.01. The van der Waals surface area contributed by atoms with E-state index in [1.165, 1.54) is 0 Å². The average Bonchev–Trinajstić information content (AvgIpc) is 2.34. The van der Waals surface area contributed by atoms with E-state index in [1.54, 1.807) is 23.9 Å². The van der Waals surface area contributed by atoms with E-state index in [1.807, 2.05) is 36.4 Å². The van der Waals surface area contributed by atoms with Gasteiger partial charge in [-0.3, -0.25) is 9.27 Å². The van der Waals surface area contributed by atoms with Gasteiger partial charge in [-0.2, -0.15) is 0 Å². The fourth-order valence-corrected chi connectivity index (χ4v) is 2.52. The van der Waals surface area contributed by atoms with Gasteiger partial charge in [-0.1, -0.05) is 11.8 Å². The first kappa shape index (κ1) is 12.9. The summed E-state index contributed by atoms with van der Waals surface area (Å²) < 4.78 is 21.6. The van der Waals surface area contributed by atoms with E-state index in [2.05, 4.69) is 4.72 Å². The van der Waals surface area contributed by atoms with Crippen molar-refractivity contribution in [1.82, 2.24) is 0 Å². The minimum absolute atomic E-state index is 0.609. The van der Waals surface area contributed by atoms with Crippen molar-refractivity contribution in [2.24, 2.45) is 0 Å². The van der Waals surface area contributed by atoms with Crippen LogP contribution in [0.1, 0.15) is 0 Å². The predicted molar refractivity (Wildman–Crippen MR) is 75.8 cm³/mol. The van der Waals surface area contributed by atoms with Crippen LogP contribution in [0.5, 0.6) is 0 Å². The molecule has 0 bridgehead atoms. The van der Waals surface area contributed by atoms with Gasteiger partial charge in [0.2, 0.25) is 0 Å². The molecule has 6 heteroatoms. The number of benzene rings is 2. The van der Waals surface area contributed by atoms with Crippen LogP contribution in [-0.2, 0) is 11.3 Å². The van der Waals surface area contributed by atoms with Gasteiger partial charge in [0.15, 0.2) is 0 Å². The van der Waals surface area contributed by atoms with Gasteiger partial charge in [-0.15, -0.1) is 0 Å². The molecule has 0 aromatic heterocycles. The lowest BCUT2D eigenvalue weighted by molar-refractivity contribution is 0.570. The third-order valence-corrected chi connectivity index (χ3v) is 3.60. The number of hydrogen-bond acceptors (Lipinski definition) is 3. The molecule has 2 rings (SSSR count). The highest BCUT2D eigenvalue weighted by Crippen LogP contribution is 2.28. The molecule has 0 saturated heterocycles. The van der Waals surface area contributed by atoms with Gasteiger partial charge in [0, 0.05) is 21.2 Å². The minimum atomic E-state index is -2.03. The Morgan fingerprint density at radius 1 is 1.00 bits per heavy atom. The molecule has 2 aromatic carbocycles. The van der Waals surface area contributed by atoms with Crippen LogP contribution in [0, 0.1) is 0 Å². The summed E-state index contributed by atoms with van der Waals surface area (Å²) in [7, 11) is 0. The molecule has 18 heavy (non-hydrogen) atoms. The van der Waals surface area contributed by atoms with Gasteiger partial charge >= 0.3 is 0 Å². The summed E-state index contributed by atoms with van der Waals surface area (Å²) in [6.07, 6.45) is 0. The van der Waals surface area contributed by atoms with Gasteiger partial charge in [0.1, 0.15) is 0 Å². The maximum Gasteiger partial charge on any atom is 0.259 e. The van der Waals surface area contributed by atoms with Gasteiger partial charge < -0.3 is 5.73 Å². The highest BCUT2D eigenvalue weighted by Gasteiger charge is 1.99. The number of nitrogens with one attached hydrogen (secondary N) is 1. The lowest BCUT2D eigenvalue weighted by atomic mass is 10.3. The lowest BCUT2D eigenvalue weighted by Gasteiger charge is -2.04. The Morgan fingerprint density at radius 2 is 1.50 bits per heavy atom. The zero-order valence-electron chi connectivity index (χ0n) is 9.37. The Kier molecular flexibility index (Phi) is 4.24. The summed E-state index contributed by atoms with van der Waals surface area (Å²) in [6, 6.07) is 14.9. The summed E-state index contributed by atoms with van der Waals surface area (Å²) in [5.41, 5.74) is 6.97. The van der Waals surface area contributed by atoms with Gasteiger partial charge in [0.05, 0.1) is 0 Å². The smallest absolute Gasteiger partial charge is 0.259 e. The van der Waals surface area contributed by atoms with E-state index in [-0.39, 0.29) is 0 Å². The SMILES string of the molecule is Nc1ccc(Sc2ccc(NS(=O)O)cc2)cc1. The average molecular weight is 280 g/mol. The quantitative estimate of drug-likeness (QED) is 0.594. The van der Waals surface area contributed by atoms with Gasteiger partial charge in [0.25, 0.3) is 11.3 Å². The van der Waals surface area contributed by atoms with Crippen LogP contribution in [0.15, 0.2) is 58.3 Å². The van der Waals surface area contributed by atoms with Crippen molar-refractivity contribution < 1.29 is 8.76 Å². The van der Waals surface area contributed by atoms with Gasteiger partial charge in [-0.05, 0) is 48.5 Å². The molecule has 1 atom stereocenters. The molecular weight excluding hydrogens is 268 g/mol. The fraction of sp³-hybridized carbons (Fsp3) is 0. The zero-order chi connectivity index (χ0) is 13.0. The molecule has 0 radical (unpaired) electrons. The summed E-state index contributed by atoms with van der Waals surface area (Å²) in [5, 5.41) is 0. The molecular formula is C12H12N2O2S2. The van der Waals surface area contributed by atoms with Crippen LogP contribution in [0.2, 0.25) is 0 Å². The van der Waals surface area contributed by atoms with Crippen molar-refractivity contribution >= 4 is 34.4 Å². The Labute approximate surface area is 112 Å². The molecule has 2 aromatic rings. The second-order valence-electron chi connectivity index (χ2n) is 3.55. The standard InChI is InChI=1S/C12H12N2O2S2/c13-9-1-5-11(6-2-9)17-12-7-3-10(4-8-12)14-18(15)16/h1-8,14H,13H2,(H,15,16). The van der Waals surface area contributed by atoms with E-state index < -0.39 is 11.3 Å². The number of nitrogen functional groups attached to an aromatic ring is 1. The van der Waals surface area contributed by atoms with Crippen molar-refractivity contribution in [2.75, 3.05) is 10.5 Å². The van der Waals surface area contributed by atoms with Crippen LogP contribution in [0.3, 0.4) is 0 Å². The van der Waals surface area contributed by atoms with E-state index in [4.69, 9.17) is 10.3 Å². The Hall–Kier alpha value is -1.50. The third-order valence-electron chi connectivity index (χ3n) is 2.18. The molecule has 0 fully saturated rings. The number of rotatable bonds is 4. The second kappa shape index (κ2) is 5.90. The summed E-state index contributed by atoms with van der Waals surface area (Å²) in [4.78, 5) is 2.14. The third kappa shape index (κ3) is 3.76. The Balaban J connectivity index is 2.06. The summed E-state index contributed by atoms with van der Waals surface area (Å²) in [6.45, 7) is 0. The molecule has 1 unspecified atom stereocenters. The fourth-order valence-electron chi connectivity index (χ4n) is 1.36. The monoisotopic (exact) mass is 280 g/mol. The molecule has 0 spiro atoms.